The highest BCUT2D eigenvalue weighted by atomic mass is 16.2. The summed E-state index contributed by atoms with van der Waals surface area (Å²) in [6.07, 6.45) is 5.85. The van der Waals surface area contributed by atoms with Crippen molar-refractivity contribution in [1.82, 2.24) is 19.3 Å². The third kappa shape index (κ3) is 3.49. The smallest absolute Gasteiger partial charge is 0.261 e. The zero-order valence-electron chi connectivity index (χ0n) is 15.6. The normalized spacial score (nSPS) is 15.0. The lowest BCUT2D eigenvalue weighted by Gasteiger charge is -2.15. The van der Waals surface area contributed by atoms with E-state index in [4.69, 9.17) is 0 Å². The van der Waals surface area contributed by atoms with Gasteiger partial charge in [-0.05, 0) is 44.2 Å². The van der Waals surface area contributed by atoms with Crippen molar-refractivity contribution < 1.29 is 4.79 Å². The summed E-state index contributed by atoms with van der Waals surface area (Å²) < 4.78 is 3.37. The van der Waals surface area contributed by atoms with Gasteiger partial charge in [-0.15, -0.1) is 0 Å². The first-order valence-corrected chi connectivity index (χ1v) is 9.32. The van der Waals surface area contributed by atoms with E-state index in [1.807, 2.05) is 29.8 Å². The molecule has 1 N–H and O–H groups in total. The Morgan fingerprint density at radius 3 is 2.93 bits per heavy atom. The first kappa shape index (κ1) is 17.5. The minimum Gasteiger partial charge on any atom is -0.311 e. The lowest BCUT2D eigenvalue weighted by molar-refractivity contribution is -0.116. The molecule has 1 aliphatic rings. The number of para-hydroxylation sites is 1. The maximum Gasteiger partial charge on any atom is 0.261 e. The van der Waals surface area contributed by atoms with Crippen LogP contribution in [0.15, 0.2) is 41.6 Å². The molecule has 1 aliphatic carbocycles. The molecule has 7 nitrogen and oxygen atoms in total. The summed E-state index contributed by atoms with van der Waals surface area (Å²) in [7, 11) is 0. The Kier molecular flexibility index (Phi) is 4.51. The van der Waals surface area contributed by atoms with Crippen LogP contribution < -0.4 is 10.9 Å². The number of nitrogens with one attached hydrogen (secondary N) is 1. The van der Waals surface area contributed by atoms with E-state index in [0.717, 1.165) is 5.56 Å². The number of carbonyl (C=O) groups is 1. The summed E-state index contributed by atoms with van der Waals surface area (Å²) in [5.41, 5.74) is 1.55. The number of amides is 1. The van der Waals surface area contributed by atoms with Crippen molar-refractivity contribution in [3.8, 4) is 0 Å². The number of aromatic nitrogens is 4. The maximum atomic E-state index is 12.6. The van der Waals surface area contributed by atoms with E-state index in [-0.39, 0.29) is 30.5 Å². The van der Waals surface area contributed by atoms with Gasteiger partial charge < -0.3 is 5.32 Å². The van der Waals surface area contributed by atoms with Crippen molar-refractivity contribution in [3.05, 3.63) is 52.7 Å². The van der Waals surface area contributed by atoms with Crippen LogP contribution in [0.1, 0.15) is 37.8 Å². The first-order chi connectivity index (χ1) is 13.0. The van der Waals surface area contributed by atoms with Gasteiger partial charge in [-0.3, -0.25) is 14.2 Å². The van der Waals surface area contributed by atoms with Gasteiger partial charge in [-0.1, -0.05) is 12.1 Å². The van der Waals surface area contributed by atoms with Gasteiger partial charge in [0.1, 0.15) is 5.82 Å². The molecule has 0 spiro atoms. The highest BCUT2D eigenvalue weighted by Crippen LogP contribution is 2.40. The standard InChI is InChI=1S/C20H23N5O2/c1-13-4-3-5-16-19(13)21-12-24(20(16)27)11-9-18(26)23-17-8-10-22-25(17)14(2)15-6-7-15/h3-5,8,10,12,14-15H,6-7,9,11H2,1-2H3,(H,23,26). The molecule has 1 atom stereocenters. The molecule has 7 heteroatoms. The van der Waals surface area contributed by atoms with Gasteiger partial charge in [0.15, 0.2) is 0 Å². The second-order valence-corrected chi connectivity index (χ2v) is 7.25. The molecular weight excluding hydrogens is 342 g/mol. The fourth-order valence-electron chi connectivity index (χ4n) is 3.44. The van der Waals surface area contributed by atoms with Gasteiger partial charge >= 0.3 is 0 Å². The molecule has 0 aliphatic heterocycles. The van der Waals surface area contributed by atoms with Crippen LogP contribution in [0.4, 0.5) is 5.82 Å². The second kappa shape index (κ2) is 6.98. The average Bonchev–Trinajstić information content (AvgIpc) is 3.41. The molecule has 3 aromatic rings. The van der Waals surface area contributed by atoms with Crippen molar-refractivity contribution >= 4 is 22.6 Å². The van der Waals surface area contributed by atoms with E-state index in [1.54, 1.807) is 12.3 Å². The molecule has 0 saturated heterocycles. The summed E-state index contributed by atoms with van der Waals surface area (Å²) in [5, 5.41) is 7.84. The molecule has 1 amide bonds. The molecule has 0 bridgehead atoms. The SMILES string of the molecule is Cc1cccc2c(=O)n(CCC(=O)Nc3ccnn3C(C)C3CC3)cnc12. The predicted octanol–water partition coefficient (Wildman–Crippen LogP) is 2.90. The van der Waals surface area contributed by atoms with Gasteiger partial charge in [0.2, 0.25) is 5.91 Å². The number of hydrogen-bond acceptors (Lipinski definition) is 4. The molecule has 1 fully saturated rings. The highest BCUT2D eigenvalue weighted by molar-refractivity contribution is 5.89. The number of aryl methyl sites for hydroxylation is 2. The molecule has 2 heterocycles. The van der Waals surface area contributed by atoms with Crippen molar-refractivity contribution in [1.29, 1.82) is 0 Å². The summed E-state index contributed by atoms with van der Waals surface area (Å²) >= 11 is 0. The average molecular weight is 365 g/mol. The van der Waals surface area contributed by atoms with Crippen molar-refractivity contribution in [2.24, 2.45) is 5.92 Å². The number of hydrogen-bond donors (Lipinski definition) is 1. The zero-order chi connectivity index (χ0) is 19.0. The van der Waals surface area contributed by atoms with E-state index >= 15 is 0 Å². The Morgan fingerprint density at radius 1 is 1.33 bits per heavy atom. The van der Waals surface area contributed by atoms with Crippen LogP contribution in [-0.2, 0) is 11.3 Å². The summed E-state index contributed by atoms with van der Waals surface area (Å²) in [6.45, 7) is 4.34. The monoisotopic (exact) mass is 365 g/mol. The van der Waals surface area contributed by atoms with Gasteiger partial charge in [0.05, 0.1) is 29.5 Å². The minimum atomic E-state index is -0.143. The van der Waals surface area contributed by atoms with E-state index in [9.17, 15) is 9.59 Å². The van der Waals surface area contributed by atoms with Crippen LogP contribution in [0.3, 0.4) is 0 Å². The summed E-state index contributed by atoms with van der Waals surface area (Å²) in [5.74, 6) is 1.21. The third-order valence-corrected chi connectivity index (χ3v) is 5.26. The maximum absolute atomic E-state index is 12.6. The Hall–Kier alpha value is -2.96. The number of fused-ring (bicyclic) bond motifs is 1. The van der Waals surface area contributed by atoms with E-state index in [1.165, 1.54) is 23.7 Å². The van der Waals surface area contributed by atoms with E-state index in [2.05, 4.69) is 22.3 Å². The van der Waals surface area contributed by atoms with Gasteiger partial charge in [-0.2, -0.15) is 5.10 Å². The zero-order valence-corrected chi connectivity index (χ0v) is 15.6. The number of nitrogens with zero attached hydrogens (tertiary/aromatic N) is 4. The first-order valence-electron chi connectivity index (χ1n) is 9.32. The molecule has 1 aromatic carbocycles. The highest BCUT2D eigenvalue weighted by Gasteiger charge is 2.30. The Bertz CT molecular complexity index is 1050. The van der Waals surface area contributed by atoms with E-state index < -0.39 is 0 Å². The largest absolute Gasteiger partial charge is 0.311 e. The minimum absolute atomic E-state index is 0.121. The molecule has 27 heavy (non-hydrogen) atoms. The van der Waals surface area contributed by atoms with Gasteiger partial charge in [0.25, 0.3) is 5.56 Å². The van der Waals surface area contributed by atoms with Crippen LogP contribution in [0.5, 0.6) is 0 Å². The van der Waals surface area contributed by atoms with Crippen molar-refractivity contribution in [2.75, 3.05) is 5.32 Å². The summed E-state index contributed by atoms with van der Waals surface area (Å²) in [4.78, 5) is 29.4. The molecule has 2 aromatic heterocycles. The topological polar surface area (TPSA) is 81.8 Å². The van der Waals surface area contributed by atoms with Crippen LogP contribution in [0.2, 0.25) is 0 Å². The molecule has 0 radical (unpaired) electrons. The number of anilines is 1. The molecule has 1 saturated carbocycles. The Balaban J connectivity index is 1.44. The fraction of sp³-hybridized carbons (Fsp3) is 0.400. The Morgan fingerprint density at radius 2 is 2.15 bits per heavy atom. The quantitative estimate of drug-likeness (QED) is 0.728. The molecule has 140 valence electrons. The van der Waals surface area contributed by atoms with Crippen LogP contribution in [0.25, 0.3) is 10.9 Å². The van der Waals surface area contributed by atoms with Crippen LogP contribution in [0, 0.1) is 12.8 Å². The summed E-state index contributed by atoms with van der Waals surface area (Å²) in [6, 6.07) is 7.64. The van der Waals surface area contributed by atoms with Crippen molar-refractivity contribution in [3.63, 3.8) is 0 Å². The van der Waals surface area contributed by atoms with Crippen LogP contribution >= 0.6 is 0 Å². The molecular formula is C20H23N5O2. The third-order valence-electron chi connectivity index (χ3n) is 5.26. The lowest BCUT2D eigenvalue weighted by Crippen LogP contribution is -2.24. The van der Waals surface area contributed by atoms with E-state index in [0.29, 0.717) is 22.6 Å². The van der Waals surface area contributed by atoms with Gasteiger partial charge in [-0.25, -0.2) is 9.67 Å². The number of benzene rings is 1. The number of carbonyl (C=O) groups excluding carboxylic acids is 1. The predicted molar refractivity (Wildman–Crippen MR) is 104 cm³/mol. The second-order valence-electron chi connectivity index (χ2n) is 7.25. The molecule has 4 rings (SSSR count). The Labute approximate surface area is 157 Å². The van der Waals surface area contributed by atoms with Crippen LogP contribution in [-0.4, -0.2) is 25.2 Å². The number of rotatable bonds is 6. The van der Waals surface area contributed by atoms with Gasteiger partial charge in [0, 0.05) is 19.0 Å². The lowest BCUT2D eigenvalue weighted by atomic mass is 10.1. The molecule has 1 unspecified atom stereocenters. The van der Waals surface area contributed by atoms with Crippen molar-refractivity contribution in [2.45, 2.75) is 45.7 Å². The fourth-order valence-corrected chi connectivity index (χ4v) is 3.44.